The number of alkyl halides is 3. The molecule has 0 bridgehead atoms. The maximum atomic E-state index is 14.2. The first kappa shape index (κ1) is 21.7. The summed E-state index contributed by atoms with van der Waals surface area (Å²) in [6.45, 7) is -0.709. The molecule has 5 aromatic rings. The fourth-order valence-corrected chi connectivity index (χ4v) is 4.36. The van der Waals surface area contributed by atoms with Crippen molar-refractivity contribution in [2.24, 2.45) is 0 Å². The first-order valence-electron chi connectivity index (χ1n) is 9.93. The molecule has 2 heterocycles. The lowest BCUT2D eigenvalue weighted by Crippen LogP contribution is -2.45. The van der Waals surface area contributed by atoms with E-state index in [1.165, 1.54) is 64.1 Å². The van der Waals surface area contributed by atoms with Crippen molar-refractivity contribution in [2.75, 3.05) is 0 Å². The molecule has 1 N–H and O–H groups in total. The highest BCUT2D eigenvalue weighted by atomic mass is 79.9. The largest absolute Gasteiger partial charge is 0.423 e. The smallest absolute Gasteiger partial charge is 0.375 e. The highest BCUT2D eigenvalue weighted by Gasteiger charge is 2.55. The van der Waals surface area contributed by atoms with Crippen LogP contribution in [0.2, 0.25) is 0 Å². The summed E-state index contributed by atoms with van der Waals surface area (Å²) in [4.78, 5) is 0. The zero-order chi connectivity index (χ0) is 23.4. The van der Waals surface area contributed by atoms with Crippen LogP contribution in [0.5, 0.6) is 0 Å². The van der Waals surface area contributed by atoms with E-state index in [-0.39, 0.29) is 5.56 Å². The van der Waals surface area contributed by atoms with Crippen molar-refractivity contribution in [1.82, 2.24) is 14.3 Å². The standard InChI is InChI=1S/C24H16BrF4N3O/c25-18-2-8-21-15(12-18)9-10-31(21)14-23(33,24(27,28)29)17-1-7-22-16(11-17)13-30-32(22)20-5-3-19(26)4-6-20/h1-13,33H,14H2. The van der Waals surface area contributed by atoms with Gasteiger partial charge in [0, 0.05) is 27.0 Å². The third kappa shape index (κ3) is 3.71. The fraction of sp³-hybridized carbons (Fsp3) is 0.125. The minimum absolute atomic E-state index is 0.292. The van der Waals surface area contributed by atoms with Gasteiger partial charge in [0.1, 0.15) is 5.82 Å². The van der Waals surface area contributed by atoms with E-state index in [1.807, 2.05) is 0 Å². The van der Waals surface area contributed by atoms with E-state index >= 15 is 0 Å². The zero-order valence-corrected chi connectivity index (χ0v) is 18.5. The summed E-state index contributed by atoms with van der Waals surface area (Å²) in [5.41, 5.74) is -1.74. The molecule has 0 spiro atoms. The van der Waals surface area contributed by atoms with Crippen LogP contribution in [-0.4, -0.2) is 25.6 Å². The van der Waals surface area contributed by atoms with Crippen LogP contribution in [0.4, 0.5) is 17.6 Å². The molecule has 0 amide bonds. The van der Waals surface area contributed by atoms with Crippen LogP contribution in [0.15, 0.2) is 83.6 Å². The Kier molecular flexibility index (Phi) is 5.06. The highest BCUT2D eigenvalue weighted by molar-refractivity contribution is 9.10. The van der Waals surface area contributed by atoms with E-state index in [9.17, 15) is 22.7 Å². The number of rotatable bonds is 4. The number of aromatic nitrogens is 3. The van der Waals surface area contributed by atoms with Gasteiger partial charge in [-0.1, -0.05) is 22.0 Å². The Morgan fingerprint density at radius 1 is 0.879 bits per heavy atom. The van der Waals surface area contributed by atoms with Gasteiger partial charge in [-0.2, -0.15) is 18.3 Å². The molecule has 1 unspecified atom stereocenters. The quantitative estimate of drug-likeness (QED) is 0.283. The van der Waals surface area contributed by atoms with Crippen molar-refractivity contribution in [3.05, 3.63) is 95.0 Å². The van der Waals surface area contributed by atoms with Crippen molar-refractivity contribution in [2.45, 2.75) is 18.3 Å². The topological polar surface area (TPSA) is 43.0 Å². The molecule has 0 aliphatic carbocycles. The number of fused-ring (bicyclic) bond motifs is 2. The molecular formula is C24H16BrF4N3O. The van der Waals surface area contributed by atoms with Gasteiger partial charge in [-0.25, -0.2) is 9.07 Å². The molecule has 0 fully saturated rings. The first-order chi connectivity index (χ1) is 15.7. The molecular weight excluding hydrogens is 502 g/mol. The number of hydrogen-bond donors (Lipinski definition) is 1. The second-order valence-electron chi connectivity index (χ2n) is 7.81. The van der Waals surface area contributed by atoms with Crippen LogP contribution in [0.3, 0.4) is 0 Å². The van der Waals surface area contributed by atoms with E-state index < -0.39 is 24.1 Å². The molecule has 33 heavy (non-hydrogen) atoms. The van der Waals surface area contributed by atoms with Crippen LogP contribution in [-0.2, 0) is 12.1 Å². The number of benzene rings is 3. The summed E-state index contributed by atoms with van der Waals surface area (Å²) in [5.74, 6) is -0.405. The Bertz CT molecular complexity index is 1470. The molecule has 0 radical (unpaired) electrons. The Morgan fingerprint density at radius 2 is 1.61 bits per heavy atom. The molecule has 4 nitrogen and oxygen atoms in total. The normalized spacial score (nSPS) is 14.1. The SMILES string of the molecule is OC(Cn1ccc2cc(Br)ccc21)(c1ccc2c(cnn2-c2ccc(F)cc2)c1)C(F)(F)F. The summed E-state index contributed by atoms with van der Waals surface area (Å²) in [6.07, 6.45) is -1.99. The maximum Gasteiger partial charge on any atom is 0.423 e. The lowest BCUT2D eigenvalue weighted by atomic mass is 9.91. The molecule has 168 valence electrons. The molecule has 0 aliphatic heterocycles. The molecule has 3 aromatic carbocycles. The minimum atomic E-state index is -4.93. The summed E-state index contributed by atoms with van der Waals surface area (Å²) in [6, 6.07) is 16.6. The van der Waals surface area contributed by atoms with Gasteiger partial charge >= 0.3 is 6.18 Å². The van der Waals surface area contributed by atoms with Crippen molar-refractivity contribution in [3.63, 3.8) is 0 Å². The van der Waals surface area contributed by atoms with Gasteiger partial charge in [0.15, 0.2) is 0 Å². The van der Waals surface area contributed by atoms with E-state index in [0.29, 0.717) is 22.1 Å². The predicted molar refractivity (Wildman–Crippen MR) is 121 cm³/mol. The molecule has 5 rings (SSSR count). The van der Waals surface area contributed by atoms with Crippen LogP contribution in [0.25, 0.3) is 27.5 Å². The van der Waals surface area contributed by atoms with Crippen LogP contribution in [0.1, 0.15) is 5.56 Å². The second-order valence-corrected chi connectivity index (χ2v) is 8.73. The second kappa shape index (κ2) is 7.71. The predicted octanol–water partition coefficient (Wildman–Crippen LogP) is 6.33. The summed E-state index contributed by atoms with van der Waals surface area (Å²) >= 11 is 3.35. The van der Waals surface area contributed by atoms with Crippen molar-refractivity contribution >= 4 is 37.7 Å². The van der Waals surface area contributed by atoms with Crippen LogP contribution < -0.4 is 0 Å². The molecule has 0 saturated carbocycles. The van der Waals surface area contributed by atoms with E-state index in [4.69, 9.17) is 0 Å². The van der Waals surface area contributed by atoms with Gasteiger partial charge in [0.25, 0.3) is 0 Å². The Morgan fingerprint density at radius 3 is 2.33 bits per heavy atom. The van der Waals surface area contributed by atoms with Gasteiger partial charge < -0.3 is 9.67 Å². The van der Waals surface area contributed by atoms with Gasteiger partial charge in [-0.15, -0.1) is 0 Å². The third-order valence-electron chi connectivity index (χ3n) is 5.72. The number of nitrogens with zero attached hydrogens (tertiary/aromatic N) is 3. The maximum absolute atomic E-state index is 14.2. The molecule has 1 atom stereocenters. The summed E-state index contributed by atoms with van der Waals surface area (Å²) in [5, 5.41) is 16.4. The minimum Gasteiger partial charge on any atom is -0.375 e. The summed E-state index contributed by atoms with van der Waals surface area (Å²) < 4.78 is 59.6. The van der Waals surface area contributed by atoms with Gasteiger partial charge in [-0.05, 0) is 66.2 Å². The molecule has 9 heteroatoms. The van der Waals surface area contributed by atoms with Gasteiger partial charge in [0.05, 0.1) is 23.9 Å². The Labute approximate surface area is 193 Å². The van der Waals surface area contributed by atoms with Crippen molar-refractivity contribution in [1.29, 1.82) is 0 Å². The van der Waals surface area contributed by atoms with Crippen molar-refractivity contribution in [3.8, 4) is 5.69 Å². The average molecular weight is 518 g/mol. The number of hydrogen-bond acceptors (Lipinski definition) is 2. The molecule has 2 aromatic heterocycles. The fourth-order valence-electron chi connectivity index (χ4n) is 3.98. The van der Waals surface area contributed by atoms with Gasteiger partial charge in [0.2, 0.25) is 5.60 Å². The van der Waals surface area contributed by atoms with E-state index in [2.05, 4.69) is 21.0 Å². The van der Waals surface area contributed by atoms with Crippen LogP contribution in [0, 0.1) is 5.82 Å². The Hall–Kier alpha value is -3.17. The van der Waals surface area contributed by atoms with Crippen molar-refractivity contribution < 1.29 is 22.7 Å². The van der Waals surface area contributed by atoms with Gasteiger partial charge in [-0.3, -0.25) is 0 Å². The van der Waals surface area contributed by atoms with E-state index in [0.717, 1.165) is 9.86 Å². The first-order valence-corrected chi connectivity index (χ1v) is 10.7. The number of aliphatic hydroxyl groups is 1. The Balaban J connectivity index is 1.58. The number of halogens is 5. The monoisotopic (exact) mass is 517 g/mol. The van der Waals surface area contributed by atoms with E-state index in [1.54, 1.807) is 24.3 Å². The highest BCUT2D eigenvalue weighted by Crippen LogP contribution is 2.42. The lowest BCUT2D eigenvalue weighted by molar-refractivity contribution is -0.271. The zero-order valence-electron chi connectivity index (χ0n) is 16.9. The third-order valence-corrected chi connectivity index (χ3v) is 6.21. The average Bonchev–Trinajstić information content (AvgIpc) is 3.37. The lowest BCUT2D eigenvalue weighted by Gasteiger charge is -2.32. The summed E-state index contributed by atoms with van der Waals surface area (Å²) in [7, 11) is 0. The molecule has 0 saturated heterocycles. The molecule has 0 aliphatic rings. The van der Waals surface area contributed by atoms with Crippen LogP contribution >= 0.6 is 15.9 Å².